The fraction of sp³-hybridized carbons (Fsp3) is 0.562. The normalized spacial score (nSPS) is 16.7. The molecule has 1 fully saturated rings. The van der Waals surface area contributed by atoms with E-state index < -0.39 is 0 Å². The van der Waals surface area contributed by atoms with Crippen molar-refractivity contribution in [2.24, 2.45) is 5.92 Å². The van der Waals surface area contributed by atoms with E-state index in [-0.39, 0.29) is 18.3 Å². The Hall–Kier alpha value is -1.46. The molecule has 0 spiro atoms. The Morgan fingerprint density at radius 1 is 1.45 bits per heavy atom. The third-order valence-corrected chi connectivity index (χ3v) is 3.70. The number of hydrogen-bond acceptors (Lipinski definition) is 4. The number of amides is 1. The minimum Gasteiger partial charge on any atom is -0.497 e. The van der Waals surface area contributed by atoms with Crippen molar-refractivity contribution >= 4 is 24.0 Å². The first-order chi connectivity index (χ1) is 10.2. The standard InChI is InChI=1S/C16H24N2O3.ClH/c1-3-21-15-6-5-13(20-2)10-14(15)18-16(19)7-4-12-8-9-17-11-12;/h5-6,10,12,17H,3-4,7-9,11H2,1-2H3,(H,18,19);1H. The number of carbonyl (C=O) groups is 1. The van der Waals surface area contributed by atoms with E-state index in [1.807, 2.05) is 19.1 Å². The highest BCUT2D eigenvalue weighted by Crippen LogP contribution is 2.29. The molecular weight excluding hydrogens is 304 g/mol. The van der Waals surface area contributed by atoms with Gasteiger partial charge in [-0.2, -0.15) is 0 Å². The largest absolute Gasteiger partial charge is 0.497 e. The minimum absolute atomic E-state index is 0. The number of hydrogen-bond donors (Lipinski definition) is 2. The van der Waals surface area contributed by atoms with Crippen LogP contribution >= 0.6 is 12.4 Å². The maximum absolute atomic E-state index is 12.1. The molecule has 124 valence electrons. The van der Waals surface area contributed by atoms with Gasteiger partial charge in [-0.3, -0.25) is 4.79 Å². The lowest BCUT2D eigenvalue weighted by molar-refractivity contribution is -0.116. The number of ether oxygens (including phenoxy) is 2. The van der Waals surface area contributed by atoms with E-state index in [0.717, 1.165) is 25.9 Å². The molecule has 1 heterocycles. The zero-order valence-corrected chi connectivity index (χ0v) is 14.0. The predicted octanol–water partition coefficient (Wildman–Crippen LogP) is 2.84. The number of halogens is 1. The topological polar surface area (TPSA) is 59.6 Å². The Balaban J connectivity index is 0.00000242. The van der Waals surface area contributed by atoms with Gasteiger partial charge in [0.15, 0.2) is 0 Å². The minimum atomic E-state index is 0. The summed E-state index contributed by atoms with van der Waals surface area (Å²) in [6.07, 6.45) is 2.62. The fourth-order valence-electron chi connectivity index (χ4n) is 2.52. The molecule has 1 unspecified atom stereocenters. The summed E-state index contributed by atoms with van der Waals surface area (Å²) in [6, 6.07) is 5.43. The van der Waals surface area contributed by atoms with E-state index >= 15 is 0 Å². The van der Waals surface area contributed by atoms with Gasteiger partial charge in [0, 0.05) is 12.5 Å². The third kappa shape index (κ3) is 5.39. The molecular formula is C16H25ClN2O3. The Kier molecular flexibility index (Phi) is 8.06. The molecule has 1 saturated heterocycles. The molecule has 2 N–H and O–H groups in total. The Labute approximate surface area is 138 Å². The summed E-state index contributed by atoms with van der Waals surface area (Å²) in [5.41, 5.74) is 0.672. The van der Waals surface area contributed by atoms with Gasteiger partial charge in [-0.05, 0) is 50.9 Å². The molecule has 1 amide bonds. The Morgan fingerprint density at radius 3 is 2.91 bits per heavy atom. The van der Waals surface area contributed by atoms with Gasteiger partial charge in [0.05, 0.1) is 19.4 Å². The first-order valence-electron chi connectivity index (χ1n) is 7.54. The molecule has 1 aliphatic heterocycles. The molecule has 0 aliphatic carbocycles. The van der Waals surface area contributed by atoms with E-state index in [0.29, 0.717) is 36.1 Å². The van der Waals surface area contributed by atoms with Crippen molar-refractivity contribution in [3.63, 3.8) is 0 Å². The van der Waals surface area contributed by atoms with Crippen LogP contribution in [-0.2, 0) is 4.79 Å². The van der Waals surface area contributed by atoms with Crippen LogP contribution in [0.5, 0.6) is 11.5 Å². The number of rotatable bonds is 7. The summed E-state index contributed by atoms with van der Waals surface area (Å²) >= 11 is 0. The van der Waals surface area contributed by atoms with E-state index in [1.54, 1.807) is 13.2 Å². The second-order valence-electron chi connectivity index (χ2n) is 5.24. The molecule has 1 aromatic carbocycles. The highest BCUT2D eigenvalue weighted by atomic mass is 35.5. The molecule has 2 rings (SSSR count). The van der Waals surface area contributed by atoms with Crippen LogP contribution in [0.15, 0.2) is 18.2 Å². The van der Waals surface area contributed by atoms with Crippen LogP contribution in [0.4, 0.5) is 5.69 Å². The van der Waals surface area contributed by atoms with Crippen molar-refractivity contribution in [2.45, 2.75) is 26.2 Å². The lowest BCUT2D eigenvalue weighted by Gasteiger charge is -2.13. The summed E-state index contributed by atoms with van der Waals surface area (Å²) in [6.45, 7) is 4.57. The lowest BCUT2D eigenvalue weighted by Crippen LogP contribution is -2.15. The first kappa shape index (κ1) is 18.6. The fourth-order valence-corrected chi connectivity index (χ4v) is 2.52. The van der Waals surface area contributed by atoms with Gasteiger partial charge in [-0.25, -0.2) is 0 Å². The monoisotopic (exact) mass is 328 g/mol. The van der Waals surface area contributed by atoms with E-state index in [2.05, 4.69) is 10.6 Å². The molecule has 1 atom stereocenters. The number of anilines is 1. The molecule has 0 bridgehead atoms. The quantitative estimate of drug-likeness (QED) is 0.808. The zero-order valence-electron chi connectivity index (χ0n) is 13.2. The molecule has 1 aromatic rings. The van der Waals surface area contributed by atoms with Gasteiger partial charge in [0.1, 0.15) is 11.5 Å². The summed E-state index contributed by atoms with van der Waals surface area (Å²) in [4.78, 5) is 12.1. The smallest absolute Gasteiger partial charge is 0.224 e. The van der Waals surface area contributed by atoms with Crippen molar-refractivity contribution < 1.29 is 14.3 Å². The summed E-state index contributed by atoms with van der Waals surface area (Å²) in [7, 11) is 1.61. The lowest BCUT2D eigenvalue weighted by atomic mass is 10.0. The molecule has 5 nitrogen and oxygen atoms in total. The van der Waals surface area contributed by atoms with Crippen LogP contribution in [0, 0.1) is 5.92 Å². The van der Waals surface area contributed by atoms with E-state index in [9.17, 15) is 4.79 Å². The maximum Gasteiger partial charge on any atom is 0.224 e. The zero-order chi connectivity index (χ0) is 15.1. The second kappa shape index (κ2) is 9.54. The average molecular weight is 329 g/mol. The van der Waals surface area contributed by atoms with Gasteiger partial charge < -0.3 is 20.1 Å². The summed E-state index contributed by atoms with van der Waals surface area (Å²) in [5, 5.41) is 6.25. The van der Waals surface area contributed by atoms with Gasteiger partial charge in [0.25, 0.3) is 0 Å². The number of benzene rings is 1. The van der Waals surface area contributed by atoms with Crippen LogP contribution in [-0.4, -0.2) is 32.7 Å². The summed E-state index contributed by atoms with van der Waals surface area (Å²) < 4.78 is 10.7. The number of nitrogens with one attached hydrogen (secondary N) is 2. The van der Waals surface area contributed by atoms with Crippen LogP contribution in [0.3, 0.4) is 0 Å². The Bertz CT molecular complexity index is 476. The molecule has 0 saturated carbocycles. The highest BCUT2D eigenvalue weighted by molar-refractivity contribution is 5.92. The van der Waals surface area contributed by atoms with Gasteiger partial charge in [-0.1, -0.05) is 0 Å². The van der Waals surface area contributed by atoms with Crippen LogP contribution in [0.1, 0.15) is 26.2 Å². The van der Waals surface area contributed by atoms with Crippen molar-refractivity contribution in [2.75, 3.05) is 32.1 Å². The van der Waals surface area contributed by atoms with Gasteiger partial charge >= 0.3 is 0 Å². The van der Waals surface area contributed by atoms with Gasteiger partial charge in [-0.15, -0.1) is 12.4 Å². The predicted molar refractivity (Wildman–Crippen MR) is 90.3 cm³/mol. The SMILES string of the molecule is CCOc1ccc(OC)cc1NC(=O)CCC1CCNC1.Cl. The Morgan fingerprint density at radius 2 is 2.27 bits per heavy atom. The number of carbonyl (C=O) groups excluding carboxylic acids is 1. The van der Waals surface area contributed by atoms with Crippen molar-refractivity contribution in [3.05, 3.63) is 18.2 Å². The second-order valence-corrected chi connectivity index (χ2v) is 5.24. The van der Waals surface area contributed by atoms with Crippen molar-refractivity contribution in [3.8, 4) is 11.5 Å². The van der Waals surface area contributed by atoms with E-state index in [1.165, 1.54) is 0 Å². The van der Waals surface area contributed by atoms with Crippen molar-refractivity contribution in [1.29, 1.82) is 0 Å². The molecule has 22 heavy (non-hydrogen) atoms. The molecule has 0 radical (unpaired) electrons. The molecule has 1 aliphatic rings. The van der Waals surface area contributed by atoms with Crippen LogP contribution in [0.2, 0.25) is 0 Å². The van der Waals surface area contributed by atoms with Crippen molar-refractivity contribution in [1.82, 2.24) is 5.32 Å². The molecule has 0 aromatic heterocycles. The van der Waals surface area contributed by atoms with Crippen LogP contribution in [0.25, 0.3) is 0 Å². The first-order valence-corrected chi connectivity index (χ1v) is 7.54. The summed E-state index contributed by atoms with van der Waals surface area (Å²) in [5.74, 6) is 2.02. The van der Waals surface area contributed by atoms with E-state index in [4.69, 9.17) is 9.47 Å². The van der Waals surface area contributed by atoms with Gasteiger partial charge in [0.2, 0.25) is 5.91 Å². The maximum atomic E-state index is 12.1. The molecule has 6 heteroatoms. The van der Waals surface area contributed by atoms with Crippen LogP contribution < -0.4 is 20.1 Å². The average Bonchev–Trinajstić information content (AvgIpc) is 3.00. The highest BCUT2D eigenvalue weighted by Gasteiger charge is 2.16. The number of methoxy groups -OCH3 is 1. The third-order valence-electron chi connectivity index (χ3n) is 3.70.